The van der Waals surface area contributed by atoms with Gasteiger partial charge in [-0.05, 0) is 30.8 Å². The topological polar surface area (TPSA) is 42.7 Å². The molecule has 0 aliphatic rings. The van der Waals surface area contributed by atoms with Gasteiger partial charge in [0, 0.05) is 18.0 Å². The molecule has 4 nitrogen and oxygen atoms in total. The van der Waals surface area contributed by atoms with Crippen LogP contribution in [0.4, 0.5) is 0 Å². The van der Waals surface area contributed by atoms with Gasteiger partial charge in [-0.1, -0.05) is 6.07 Å². The number of hydrogen-bond donors (Lipinski definition) is 1. The average Bonchev–Trinajstić information content (AvgIpc) is 2.96. The van der Waals surface area contributed by atoms with Gasteiger partial charge >= 0.3 is 0 Å². The number of hydrogen-bond acceptors (Lipinski definition) is 4. The standard InChI is InChI=1S/C11H16N4S/c1(2-6-15-9-13-14-10-15)5-12-8-11-4-3-7-16-11/h3-4,7,9-10,12H,1-2,5-6,8H2. The molecule has 0 saturated heterocycles. The van der Waals surface area contributed by atoms with Gasteiger partial charge < -0.3 is 9.88 Å². The predicted octanol–water partition coefficient (Wildman–Crippen LogP) is 1.91. The largest absolute Gasteiger partial charge is 0.320 e. The van der Waals surface area contributed by atoms with Crippen molar-refractivity contribution in [3.05, 3.63) is 35.0 Å². The van der Waals surface area contributed by atoms with Gasteiger partial charge in [-0.3, -0.25) is 0 Å². The van der Waals surface area contributed by atoms with Crippen LogP contribution < -0.4 is 5.32 Å². The lowest BCUT2D eigenvalue weighted by molar-refractivity contribution is 0.569. The lowest BCUT2D eigenvalue weighted by Gasteiger charge is -2.03. The molecule has 5 heteroatoms. The first-order valence-electron chi connectivity index (χ1n) is 5.50. The molecule has 0 radical (unpaired) electrons. The third-order valence-electron chi connectivity index (χ3n) is 2.37. The normalized spacial score (nSPS) is 10.8. The molecule has 0 aromatic carbocycles. The Morgan fingerprint density at radius 3 is 2.88 bits per heavy atom. The maximum Gasteiger partial charge on any atom is 0.119 e. The molecule has 16 heavy (non-hydrogen) atoms. The summed E-state index contributed by atoms with van der Waals surface area (Å²) < 4.78 is 2.01. The van der Waals surface area contributed by atoms with Crippen molar-refractivity contribution in [1.29, 1.82) is 0 Å². The Hall–Kier alpha value is -1.20. The van der Waals surface area contributed by atoms with Crippen molar-refractivity contribution in [2.75, 3.05) is 6.54 Å². The molecule has 0 spiro atoms. The van der Waals surface area contributed by atoms with E-state index in [1.807, 2.05) is 4.57 Å². The third-order valence-corrected chi connectivity index (χ3v) is 3.24. The Balaban J connectivity index is 1.49. The number of rotatable bonds is 7. The van der Waals surface area contributed by atoms with Crippen LogP contribution in [0.3, 0.4) is 0 Å². The molecule has 0 aliphatic carbocycles. The summed E-state index contributed by atoms with van der Waals surface area (Å²) in [4.78, 5) is 1.40. The number of nitrogens with one attached hydrogen (secondary N) is 1. The van der Waals surface area contributed by atoms with E-state index in [0.29, 0.717) is 0 Å². The highest BCUT2D eigenvalue weighted by Crippen LogP contribution is 2.07. The van der Waals surface area contributed by atoms with Gasteiger partial charge in [-0.15, -0.1) is 21.5 Å². The minimum atomic E-state index is 0.990. The summed E-state index contributed by atoms with van der Waals surface area (Å²) in [6.07, 6.45) is 5.87. The Labute approximate surface area is 99.3 Å². The molecule has 0 saturated carbocycles. The summed E-state index contributed by atoms with van der Waals surface area (Å²) in [7, 11) is 0. The highest BCUT2D eigenvalue weighted by atomic mass is 32.1. The number of thiophene rings is 1. The molecule has 0 amide bonds. The smallest absolute Gasteiger partial charge is 0.119 e. The fourth-order valence-corrected chi connectivity index (χ4v) is 2.18. The van der Waals surface area contributed by atoms with Gasteiger partial charge in [0.1, 0.15) is 12.7 Å². The maximum absolute atomic E-state index is 3.77. The second kappa shape index (κ2) is 6.40. The van der Waals surface area contributed by atoms with Crippen LogP contribution in [0.1, 0.15) is 17.7 Å². The van der Waals surface area contributed by atoms with Crippen LogP contribution in [-0.4, -0.2) is 21.3 Å². The highest BCUT2D eigenvalue weighted by Gasteiger charge is 1.94. The van der Waals surface area contributed by atoms with Crippen molar-refractivity contribution < 1.29 is 0 Å². The number of aryl methyl sites for hydroxylation is 1. The molecule has 2 aromatic heterocycles. The van der Waals surface area contributed by atoms with Crippen molar-refractivity contribution in [2.45, 2.75) is 25.9 Å². The zero-order chi connectivity index (χ0) is 11.1. The summed E-state index contributed by atoms with van der Waals surface area (Å²) in [5.41, 5.74) is 0. The first-order valence-corrected chi connectivity index (χ1v) is 6.38. The van der Waals surface area contributed by atoms with E-state index >= 15 is 0 Å². The van der Waals surface area contributed by atoms with Crippen LogP contribution >= 0.6 is 11.3 Å². The summed E-state index contributed by atoms with van der Waals surface area (Å²) in [6, 6.07) is 4.25. The molecule has 0 bridgehead atoms. The van der Waals surface area contributed by atoms with E-state index in [2.05, 4.69) is 33.0 Å². The van der Waals surface area contributed by atoms with Crippen LogP contribution in [0.25, 0.3) is 0 Å². The Morgan fingerprint density at radius 1 is 1.25 bits per heavy atom. The van der Waals surface area contributed by atoms with Crippen molar-refractivity contribution in [3.8, 4) is 0 Å². The molecule has 86 valence electrons. The zero-order valence-corrected chi connectivity index (χ0v) is 9.99. The second-order valence-corrected chi connectivity index (χ2v) is 4.70. The highest BCUT2D eigenvalue weighted by molar-refractivity contribution is 7.09. The molecular weight excluding hydrogens is 220 g/mol. The molecule has 2 aromatic rings. The number of aromatic nitrogens is 3. The monoisotopic (exact) mass is 236 g/mol. The van der Waals surface area contributed by atoms with Crippen molar-refractivity contribution in [3.63, 3.8) is 0 Å². The third kappa shape index (κ3) is 3.75. The minimum absolute atomic E-state index is 0.990. The molecule has 0 aliphatic heterocycles. The SMILES string of the molecule is c1csc(CNCCCCn2cnnc2)c1. The lowest BCUT2D eigenvalue weighted by atomic mass is 10.3. The minimum Gasteiger partial charge on any atom is -0.320 e. The van der Waals surface area contributed by atoms with E-state index in [1.165, 1.54) is 11.3 Å². The van der Waals surface area contributed by atoms with Crippen molar-refractivity contribution in [1.82, 2.24) is 20.1 Å². The van der Waals surface area contributed by atoms with E-state index in [9.17, 15) is 0 Å². The summed E-state index contributed by atoms with van der Waals surface area (Å²) >= 11 is 1.80. The predicted molar refractivity (Wildman–Crippen MR) is 65.3 cm³/mol. The zero-order valence-electron chi connectivity index (χ0n) is 9.17. The van der Waals surface area contributed by atoms with E-state index in [4.69, 9.17) is 0 Å². The molecule has 2 heterocycles. The molecule has 0 fully saturated rings. The van der Waals surface area contributed by atoms with Crippen molar-refractivity contribution >= 4 is 11.3 Å². The van der Waals surface area contributed by atoms with Crippen LogP contribution in [0.15, 0.2) is 30.2 Å². The Morgan fingerprint density at radius 2 is 2.12 bits per heavy atom. The molecule has 0 unspecified atom stereocenters. The van der Waals surface area contributed by atoms with Gasteiger partial charge in [0.2, 0.25) is 0 Å². The maximum atomic E-state index is 3.77. The number of nitrogens with zero attached hydrogens (tertiary/aromatic N) is 3. The van der Waals surface area contributed by atoms with Gasteiger partial charge in [0.25, 0.3) is 0 Å². The van der Waals surface area contributed by atoms with E-state index in [1.54, 1.807) is 24.0 Å². The first kappa shape index (κ1) is 11.3. The Kier molecular flexibility index (Phi) is 4.51. The fraction of sp³-hybridized carbons (Fsp3) is 0.455. The number of unbranched alkanes of at least 4 members (excludes halogenated alkanes) is 1. The van der Waals surface area contributed by atoms with E-state index in [0.717, 1.165) is 26.1 Å². The van der Waals surface area contributed by atoms with Gasteiger partial charge in [-0.25, -0.2) is 0 Å². The van der Waals surface area contributed by atoms with E-state index < -0.39 is 0 Å². The summed E-state index contributed by atoms with van der Waals surface area (Å²) in [6.45, 7) is 3.07. The van der Waals surface area contributed by atoms with E-state index in [-0.39, 0.29) is 0 Å². The molecular formula is C11H16N4S. The lowest BCUT2D eigenvalue weighted by Crippen LogP contribution is -2.14. The molecule has 1 N–H and O–H groups in total. The van der Waals surface area contributed by atoms with Crippen LogP contribution in [0.2, 0.25) is 0 Å². The van der Waals surface area contributed by atoms with Crippen molar-refractivity contribution in [2.24, 2.45) is 0 Å². The summed E-state index contributed by atoms with van der Waals surface area (Å²) in [5.74, 6) is 0. The Bertz CT molecular complexity index is 330. The van der Waals surface area contributed by atoms with Crippen LogP contribution in [0, 0.1) is 0 Å². The van der Waals surface area contributed by atoms with Crippen LogP contribution in [0.5, 0.6) is 0 Å². The van der Waals surface area contributed by atoms with Crippen LogP contribution in [-0.2, 0) is 13.1 Å². The quantitative estimate of drug-likeness (QED) is 0.747. The average molecular weight is 236 g/mol. The molecule has 2 rings (SSSR count). The van der Waals surface area contributed by atoms with Gasteiger partial charge in [0.05, 0.1) is 0 Å². The van der Waals surface area contributed by atoms with Gasteiger partial charge in [0.15, 0.2) is 0 Å². The second-order valence-electron chi connectivity index (χ2n) is 3.66. The molecule has 0 atom stereocenters. The fourth-order valence-electron chi connectivity index (χ4n) is 1.51. The summed E-state index contributed by atoms with van der Waals surface area (Å²) in [5, 5.41) is 13.1. The first-order chi connectivity index (χ1) is 7.95. The van der Waals surface area contributed by atoms with Gasteiger partial charge in [-0.2, -0.15) is 0 Å².